The molecule has 2 rings (SSSR count). The van der Waals surface area contributed by atoms with Crippen LogP contribution in [0.5, 0.6) is 5.75 Å². The van der Waals surface area contributed by atoms with Gasteiger partial charge in [-0.05, 0) is 43.4 Å². The van der Waals surface area contributed by atoms with E-state index in [0.29, 0.717) is 11.7 Å². The fourth-order valence-electron chi connectivity index (χ4n) is 2.92. The van der Waals surface area contributed by atoms with Gasteiger partial charge in [-0.1, -0.05) is 13.0 Å². The van der Waals surface area contributed by atoms with Gasteiger partial charge in [0.2, 0.25) is 0 Å². The molecule has 1 aromatic carbocycles. The number of aryl methyl sites for hydroxylation is 1. The molecule has 0 radical (unpaired) electrons. The number of ether oxygens (including phenoxy) is 1. The molecule has 0 saturated carbocycles. The number of phenols is 1. The van der Waals surface area contributed by atoms with Crippen LogP contribution in [-0.4, -0.2) is 24.9 Å². The second kappa shape index (κ2) is 5.29. The summed E-state index contributed by atoms with van der Waals surface area (Å²) in [5.74, 6) is 0.921. The van der Waals surface area contributed by atoms with Gasteiger partial charge in [-0.25, -0.2) is 0 Å². The first kappa shape index (κ1) is 13.4. The predicted molar refractivity (Wildman–Crippen MR) is 73.1 cm³/mol. The van der Waals surface area contributed by atoms with Gasteiger partial charge in [-0.15, -0.1) is 0 Å². The number of methoxy groups -OCH3 is 1. The zero-order chi connectivity index (χ0) is 13.3. The maximum Gasteiger partial charge on any atom is 0.120 e. The number of aromatic hydroxyl groups is 1. The lowest BCUT2D eigenvalue weighted by molar-refractivity contribution is 0.114. The molecule has 0 bridgehead atoms. The summed E-state index contributed by atoms with van der Waals surface area (Å²) in [6.45, 7) is 7.20. The van der Waals surface area contributed by atoms with Crippen LogP contribution >= 0.6 is 0 Å². The fourth-order valence-corrected chi connectivity index (χ4v) is 2.92. The van der Waals surface area contributed by atoms with Gasteiger partial charge < -0.3 is 15.2 Å². The molecule has 0 amide bonds. The molecule has 2 N–H and O–H groups in total. The highest BCUT2D eigenvalue weighted by molar-refractivity contribution is 5.50. The molecular formula is C15H23NO2. The van der Waals surface area contributed by atoms with Crippen LogP contribution in [0.15, 0.2) is 12.1 Å². The minimum atomic E-state index is 0.191. The molecule has 3 unspecified atom stereocenters. The molecule has 3 heteroatoms. The molecule has 3 nitrogen and oxygen atoms in total. The van der Waals surface area contributed by atoms with Gasteiger partial charge in [0.05, 0.1) is 6.10 Å². The Morgan fingerprint density at radius 1 is 1.44 bits per heavy atom. The lowest BCUT2D eigenvalue weighted by Gasteiger charge is -2.18. The number of phenolic OH excluding ortho intramolecular Hbond substituents is 1. The van der Waals surface area contributed by atoms with Crippen molar-refractivity contribution in [2.75, 3.05) is 13.7 Å². The summed E-state index contributed by atoms with van der Waals surface area (Å²) < 4.78 is 5.25. The Morgan fingerprint density at radius 2 is 2.17 bits per heavy atom. The third-order valence-corrected chi connectivity index (χ3v) is 3.97. The van der Waals surface area contributed by atoms with Crippen molar-refractivity contribution in [2.24, 2.45) is 0 Å². The second-order valence-electron chi connectivity index (χ2n) is 5.37. The monoisotopic (exact) mass is 249 g/mol. The van der Waals surface area contributed by atoms with Gasteiger partial charge >= 0.3 is 0 Å². The van der Waals surface area contributed by atoms with Crippen molar-refractivity contribution in [3.63, 3.8) is 0 Å². The molecule has 0 fully saturated rings. The number of hydrogen-bond donors (Lipinski definition) is 2. The summed E-state index contributed by atoms with van der Waals surface area (Å²) in [5.41, 5.74) is 3.68. The number of fused-ring (bicyclic) bond motifs is 1. The van der Waals surface area contributed by atoms with Crippen molar-refractivity contribution < 1.29 is 9.84 Å². The van der Waals surface area contributed by atoms with Crippen LogP contribution in [0, 0.1) is 6.92 Å². The zero-order valence-electron chi connectivity index (χ0n) is 11.7. The summed E-state index contributed by atoms with van der Waals surface area (Å²) in [4.78, 5) is 0. The fraction of sp³-hybridized carbons (Fsp3) is 0.600. The average Bonchev–Trinajstić information content (AvgIpc) is 2.69. The molecule has 18 heavy (non-hydrogen) atoms. The maximum absolute atomic E-state index is 10.1. The molecule has 3 atom stereocenters. The number of nitrogens with one attached hydrogen (secondary N) is 1. The van der Waals surface area contributed by atoms with E-state index in [9.17, 15) is 5.11 Å². The highest BCUT2D eigenvalue weighted by atomic mass is 16.5. The van der Waals surface area contributed by atoms with E-state index in [2.05, 4.69) is 19.2 Å². The van der Waals surface area contributed by atoms with Gasteiger partial charge in [0.1, 0.15) is 5.75 Å². The Kier molecular flexibility index (Phi) is 3.93. The van der Waals surface area contributed by atoms with E-state index < -0.39 is 0 Å². The van der Waals surface area contributed by atoms with Gasteiger partial charge in [0.15, 0.2) is 0 Å². The summed E-state index contributed by atoms with van der Waals surface area (Å²) in [6, 6.07) is 4.05. The summed E-state index contributed by atoms with van der Waals surface area (Å²) in [7, 11) is 1.72. The summed E-state index contributed by atoms with van der Waals surface area (Å²) in [6.07, 6.45) is 1.24. The van der Waals surface area contributed by atoms with E-state index in [4.69, 9.17) is 4.74 Å². The third-order valence-electron chi connectivity index (χ3n) is 3.97. The quantitative estimate of drug-likeness (QED) is 0.862. The molecule has 0 aromatic heterocycles. The first-order valence-corrected chi connectivity index (χ1v) is 6.63. The van der Waals surface area contributed by atoms with Crippen molar-refractivity contribution in [3.05, 3.63) is 28.8 Å². The Balaban J connectivity index is 2.21. The van der Waals surface area contributed by atoms with Gasteiger partial charge in [-0.3, -0.25) is 0 Å². The van der Waals surface area contributed by atoms with Crippen LogP contribution < -0.4 is 5.32 Å². The van der Waals surface area contributed by atoms with Crippen molar-refractivity contribution >= 4 is 0 Å². The molecule has 1 aliphatic carbocycles. The summed E-state index contributed by atoms with van der Waals surface area (Å²) >= 11 is 0. The zero-order valence-corrected chi connectivity index (χ0v) is 11.7. The van der Waals surface area contributed by atoms with Crippen molar-refractivity contribution in [2.45, 2.75) is 45.3 Å². The Labute approximate surface area is 109 Å². The van der Waals surface area contributed by atoms with E-state index in [-0.39, 0.29) is 12.1 Å². The SMILES string of the molecule is COC(C)CNC1CC(C)c2c(C)ccc(O)c21. The van der Waals surface area contributed by atoms with E-state index in [1.165, 1.54) is 11.1 Å². The van der Waals surface area contributed by atoms with Crippen molar-refractivity contribution in [1.29, 1.82) is 0 Å². The lowest BCUT2D eigenvalue weighted by Crippen LogP contribution is -2.28. The van der Waals surface area contributed by atoms with Crippen LogP contribution in [0.4, 0.5) is 0 Å². The molecule has 0 heterocycles. The van der Waals surface area contributed by atoms with Gasteiger partial charge in [0.25, 0.3) is 0 Å². The van der Waals surface area contributed by atoms with Gasteiger partial charge in [0, 0.05) is 25.3 Å². The second-order valence-corrected chi connectivity index (χ2v) is 5.37. The minimum Gasteiger partial charge on any atom is -0.508 e. The Morgan fingerprint density at radius 3 is 2.83 bits per heavy atom. The van der Waals surface area contributed by atoms with Crippen LogP contribution in [-0.2, 0) is 4.74 Å². The number of benzene rings is 1. The molecule has 1 aromatic rings. The molecule has 1 aliphatic rings. The molecule has 0 saturated heterocycles. The largest absolute Gasteiger partial charge is 0.508 e. The molecule has 0 spiro atoms. The predicted octanol–water partition coefficient (Wildman–Crippen LogP) is 2.87. The van der Waals surface area contributed by atoms with Gasteiger partial charge in [-0.2, -0.15) is 0 Å². The Bertz CT molecular complexity index is 431. The smallest absolute Gasteiger partial charge is 0.120 e. The van der Waals surface area contributed by atoms with E-state index in [1.807, 2.05) is 13.0 Å². The van der Waals surface area contributed by atoms with Crippen LogP contribution in [0.3, 0.4) is 0 Å². The van der Waals surface area contributed by atoms with Crippen molar-refractivity contribution in [3.8, 4) is 5.75 Å². The third kappa shape index (κ3) is 2.38. The average molecular weight is 249 g/mol. The summed E-state index contributed by atoms with van der Waals surface area (Å²) in [5, 5.41) is 13.6. The minimum absolute atomic E-state index is 0.191. The molecule has 0 aliphatic heterocycles. The highest BCUT2D eigenvalue weighted by Crippen LogP contribution is 2.45. The number of hydrogen-bond acceptors (Lipinski definition) is 3. The molecular weight excluding hydrogens is 226 g/mol. The number of rotatable bonds is 4. The maximum atomic E-state index is 10.1. The first-order valence-electron chi connectivity index (χ1n) is 6.63. The van der Waals surface area contributed by atoms with Crippen LogP contribution in [0.25, 0.3) is 0 Å². The van der Waals surface area contributed by atoms with E-state index >= 15 is 0 Å². The van der Waals surface area contributed by atoms with Crippen molar-refractivity contribution in [1.82, 2.24) is 5.32 Å². The van der Waals surface area contributed by atoms with E-state index in [0.717, 1.165) is 18.5 Å². The van der Waals surface area contributed by atoms with Crippen LogP contribution in [0.2, 0.25) is 0 Å². The topological polar surface area (TPSA) is 41.5 Å². The molecule has 100 valence electrons. The lowest BCUT2D eigenvalue weighted by atomic mass is 9.97. The van der Waals surface area contributed by atoms with Crippen LogP contribution in [0.1, 0.15) is 48.9 Å². The normalized spacial score (nSPS) is 24.0. The highest BCUT2D eigenvalue weighted by Gasteiger charge is 2.31. The van der Waals surface area contributed by atoms with E-state index in [1.54, 1.807) is 13.2 Å². The standard InChI is InChI=1S/C15H23NO2/c1-9-5-6-13(17)15-12(7-10(2)14(9)15)16-8-11(3)18-4/h5-6,10-12,16-17H,7-8H2,1-4H3. The first-order chi connectivity index (χ1) is 8.54. The Hall–Kier alpha value is -1.06.